The van der Waals surface area contributed by atoms with E-state index < -0.39 is 0 Å². The van der Waals surface area contributed by atoms with Crippen molar-refractivity contribution in [3.8, 4) is 11.1 Å². The number of hydrogen-bond donors (Lipinski definition) is 0. The van der Waals surface area contributed by atoms with E-state index in [9.17, 15) is 0 Å². The lowest BCUT2D eigenvalue weighted by Crippen LogP contribution is -1.86. The molecule has 0 saturated carbocycles. The smallest absolute Gasteiger partial charge is 0.0197 e. The summed E-state index contributed by atoms with van der Waals surface area (Å²) in [5.74, 6) is 0. The molecule has 0 amide bonds. The van der Waals surface area contributed by atoms with Gasteiger partial charge >= 0.3 is 0 Å². The van der Waals surface area contributed by atoms with Gasteiger partial charge in [0, 0.05) is 4.90 Å². The van der Waals surface area contributed by atoms with Gasteiger partial charge in [-0.25, -0.2) is 0 Å². The van der Waals surface area contributed by atoms with Crippen LogP contribution in [0, 0.1) is 0 Å². The van der Waals surface area contributed by atoms with Gasteiger partial charge in [-0.15, -0.1) is 0 Å². The van der Waals surface area contributed by atoms with E-state index in [1.54, 1.807) is 0 Å². The highest BCUT2D eigenvalue weighted by atomic mass is 32.2. The van der Waals surface area contributed by atoms with Gasteiger partial charge in [-0.2, -0.15) is 0 Å². The Morgan fingerprint density at radius 3 is 2.22 bits per heavy atom. The highest BCUT2D eigenvalue weighted by molar-refractivity contribution is 8.03. The number of fused-ring (bicyclic) bond motifs is 3. The molecule has 2 aromatic rings. The lowest BCUT2D eigenvalue weighted by Gasteiger charge is -2.09. The van der Waals surface area contributed by atoms with Crippen LogP contribution in [0.25, 0.3) is 16.7 Å². The van der Waals surface area contributed by atoms with E-state index in [0.717, 1.165) is 0 Å². The summed E-state index contributed by atoms with van der Waals surface area (Å²) in [4.78, 5) is 2.63. The third-order valence-corrected chi connectivity index (χ3v) is 4.34. The molecule has 0 bridgehead atoms. The molecule has 0 radical (unpaired) electrons. The van der Waals surface area contributed by atoms with E-state index in [2.05, 4.69) is 62.0 Å². The molecule has 1 heterocycles. The van der Waals surface area contributed by atoms with Crippen LogP contribution in [0.3, 0.4) is 0 Å². The average Bonchev–Trinajstić information content (AvgIpc) is 2.52. The summed E-state index contributed by atoms with van der Waals surface area (Å²) in [5.41, 5.74) is 5.14. The number of benzene rings is 2. The largest absolute Gasteiger partial charge is 0.0984 e. The molecule has 0 spiro atoms. The van der Waals surface area contributed by atoms with Crippen molar-refractivity contribution in [2.45, 2.75) is 11.8 Å². The van der Waals surface area contributed by atoms with Gasteiger partial charge < -0.3 is 0 Å². The molecule has 0 atom stereocenters. The fourth-order valence-electron chi connectivity index (χ4n) is 2.39. The first kappa shape index (κ1) is 11.4. The Labute approximate surface area is 112 Å². The first-order valence-electron chi connectivity index (χ1n) is 6.01. The van der Waals surface area contributed by atoms with Crippen LogP contribution in [-0.4, -0.2) is 0 Å². The zero-order valence-corrected chi connectivity index (χ0v) is 11.1. The molecule has 0 N–H and O–H groups in total. The molecular weight excluding hydrogens is 236 g/mol. The third-order valence-electron chi connectivity index (χ3n) is 3.24. The van der Waals surface area contributed by atoms with Crippen LogP contribution in [0.15, 0.2) is 71.0 Å². The molecule has 18 heavy (non-hydrogen) atoms. The van der Waals surface area contributed by atoms with Gasteiger partial charge in [-0.05, 0) is 40.2 Å². The molecule has 88 valence electrons. The van der Waals surface area contributed by atoms with Crippen LogP contribution >= 0.6 is 11.8 Å². The van der Waals surface area contributed by atoms with Gasteiger partial charge in [-0.3, -0.25) is 0 Å². The van der Waals surface area contributed by atoms with Crippen molar-refractivity contribution in [3.05, 3.63) is 71.7 Å². The highest BCUT2D eigenvalue weighted by Gasteiger charge is 2.17. The summed E-state index contributed by atoms with van der Waals surface area (Å²) in [6.07, 6.45) is 1.97. The Kier molecular flexibility index (Phi) is 2.85. The van der Waals surface area contributed by atoms with Crippen molar-refractivity contribution in [2.75, 3.05) is 0 Å². The van der Waals surface area contributed by atoms with E-state index >= 15 is 0 Å². The Balaban J connectivity index is 2.39. The summed E-state index contributed by atoms with van der Waals surface area (Å²) < 4.78 is 0. The molecule has 1 heteroatoms. The van der Waals surface area contributed by atoms with Crippen molar-refractivity contribution in [1.29, 1.82) is 0 Å². The lowest BCUT2D eigenvalue weighted by atomic mass is 9.94. The molecule has 0 saturated heterocycles. The summed E-state index contributed by atoms with van der Waals surface area (Å²) in [5, 5.41) is 0. The summed E-state index contributed by atoms with van der Waals surface area (Å²) in [6, 6.07) is 17.1. The topological polar surface area (TPSA) is 0 Å². The maximum absolute atomic E-state index is 3.97. The second kappa shape index (κ2) is 4.51. The Hall–Kier alpha value is -1.73. The molecule has 0 aromatic heterocycles. The average molecular weight is 250 g/mol. The number of hydrogen-bond acceptors (Lipinski definition) is 1. The summed E-state index contributed by atoms with van der Waals surface area (Å²) in [6.45, 7) is 6.13. The first-order valence-corrected chi connectivity index (χ1v) is 6.83. The van der Waals surface area contributed by atoms with Gasteiger partial charge in [0.05, 0.1) is 0 Å². The van der Waals surface area contributed by atoms with Gasteiger partial charge in [0.1, 0.15) is 0 Å². The predicted octanol–water partition coefficient (Wildman–Crippen LogP) is 5.38. The van der Waals surface area contributed by atoms with Crippen molar-refractivity contribution in [2.24, 2.45) is 0 Å². The maximum Gasteiger partial charge on any atom is 0.0197 e. The lowest BCUT2D eigenvalue weighted by molar-refractivity contribution is 1.45. The van der Waals surface area contributed by atoms with Crippen LogP contribution in [0.1, 0.15) is 12.5 Å². The summed E-state index contributed by atoms with van der Waals surface area (Å²) in [7, 11) is 0. The molecule has 0 aliphatic carbocycles. The molecule has 1 aliphatic rings. The minimum absolute atomic E-state index is 1.24. The van der Waals surface area contributed by atoms with Crippen LogP contribution in [-0.2, 0) is 0 Å². The molecule has 0 unspecified atom stereocenters. The van der Waals surface area contributed by atoms with E-state index in [0.29, 0.717) is 0 Å². The standard InChI is InChI=1S/C17H14S/c1-3-13-12(2)18-17-11-7-6-10-16(17)15-9-5-4-8-14(13)15/h3-11H,1H2,2H3. The number of thioether (sulfide) groups is 1. The van der Waals surface area contributed by atoms with Crippen LogP contribution in [0.5, 0.6) is 0 Å². The molecule has 0 nitrogen and oxygen atoms in total. The van der Waals surface area contributed by atoms with Crippen molar-refractivity contribution in [3.63, 3.8) is 0 Å². The fraction of sp³-hybridized carbons (Fsp3) is 0.0588. The van der Waals surface area contributed by atoms with E-state index in [4.69, 9.17) is 0 Å². The Morgan fingerprint density at radius 1 is 0.889 bits per heavy atom. The number of rotatable bonds is 1. The van der Waals surface area contributed by atoms with Crippen LogP contribution in [0.4, 0.5) is 0 Å². The minimum Gasteiger partial charge on any atom is -0.0984 e. The summed E-state index contributed by atoms with van der Waals surface area (Å²) >= 11 is 1.83. The number of allylic oxidation sites excluding steroid dienone is 3. The highest BCUT2D eigenvalue weighted by Crippen LogP contribution is 2.44. The normalized spacial score (nSPS) is 13.6. The van der Waals surface area contributed by atoms with Gasteiger partial charge in [0.2, 0.25) is 0 Å². The van der Waals surface area contributed by atoms with Crippen LogP contribution in [0.2, 0.25) is 0 Å². The fourth-order valence-corrected chi connectivity index (χ4v) is 3.46. The van der Waals surface area contributed by atoms with Gasteiger partial charge in [-0.1, -0.05) is 66.9 Å². The van der Waals surface area contributed by atoms with E-state index in [-0.39, 0.29) is 0 Å². The monoisotopic (exact) mass is 250 g/mol. The van der Waals surface area contributed by atoms with Crippen molar-refractivity contribution in [1.82, 2.24) is 0 Å². The molecule has 0 fully saturated rings. The van der Waals surface area contributed by atoms with Crippen LogP contribution < -0.4 is 0 Å². The molecule has 3 rings (SSSR count). The van der Waals surface area contributed by atoms with Crippen molar-refractivity contribution >= 4 is 17.3 Å². The molecular formula is C17H14S. The second-order valence-corrected chi connectivity index (χ2v) is 5.57. The maximum atomic E-state index is 3.97. The Morgan fingerprint density at radius 2 is 1.50 bits per heavy atom. The zero-order valence-electron chi connectivity index (χ0n) is 10.3. The second-order valence-electron chi connectivity index (χ2n) is 4.32. The quantitative estimate of drug-likeness (QED) is 0.655. The van der Waals surface area contributed by atoms with Crippen molar-refractivity contribution < 1.29 is 0 Å². The first-order chi connectivity index (χ1) is 8.81. The third kappa shape index (κ3) is 1.72. The van der Waals surface area contributed by atoms with Gasteiger partial charge in [0.25, 0.3) is 0 Å². The molecule has 1 aliphatic heterocycles. The van der Waals surface area contributed by atoms with E-state index in [1.807, 2.05) is 17.8 Å². The minimum atomic E-state index is 1.24. The van der Waals surface area contributed by atoms with E-state index in [1.165, 1.54) is 32.1 Å². The SMILES string of the molecule is C=CC1=C(C)Sc2ccccc2-c2ccccc21. The predicted molar refractivity (Wildman–Crippen MR) is 80.5 cm³/mol. The Bertz CT molecular complexity index is 650. The zero-order chi connectivity index (χ0) is 12.5. The molecule has 2 aromatic carbocycles. The van der Waals surface area contributed by atoms with Gasteiger partial charge in [0.15, 0.2) is 0 Å².